The Morgan fingerprint density at radius 2 is 1.54 bits per heavy atom. The van der Waals surface area contributed by atoms with E-state index in [1.165, 1.54) is 24.1 Å². The lowest BCUT2D eigenvalue weighted by Gasteiger charge is -2.32. The molecule has 0 heterocycles. The third-order valence-corrected chi connectivity index (χ3v) is 8.07. The standard InChI is InChI=1S/C30H37N3O5S/c1-21(2)31-30(35)24(5)32(19-25-9-7-8-23(4)18-25)29(34)20-33(26-12-10-22(3)11-13-26)39(36,37)28-16-14-27(38-6)15-17-28/h7-18,21,24H,19-20H2,1-6H3,(H,31,35). The Morgan fingerprint density at radius 3 is 2.10 bits per heavy atom. The first-order valence-corrected chi connectivity index (χ1v) is 14.2. The molecule has 3 aromatic rings. The molecule has 1 N–H and O–H groups in total. The number of hydrogen-bond donors (Lipinski definition) is 1. The molecular formula is C30H37N3O5S. The van der Waals surface area contributed by atoms with Gasteiger partial charge in [0.05, 0.1) is 17.7 Å². The van der Waals surface area contributed by atoms with Crippen LogP contribution in [0.15, 0.2) is 77.7 Å². The van der Waals surface area contributed by atoms with Crippen molar-refractivity contribution in [3.05, 3.63) is 89.5 Å². The molecule has 1 atom stereocenters. The number of nitrogens with zero attached hydrogens (tertiary/aromatic N) is 2. The lowest BCUT2D eigenvalue weighted by atomic mass is 10.1. The molecule has 0 spiro atoms. The summed E-state index contributed by atoms with van der Waals surface area (Å²) in [5.74, 6) is -0.298. The molecule has 9 heteroatoms. The van der Waals surface area contributed by atoms with Gasteiger partial charge >= 0.3 is 0 Å². The van der Waals surface area contributed by atoms with E-state index in [0.717, 1.165) is 21.0 Å². The molecule has 0 saturated carbocycles. The maximum atomic E-state index is 13.9. The second kappa shape index (κ2) is 12.8. The highest BCUT2D eigenvalue weighted by Gasteiger charge is 2.32. The number of hydrogen-bond acceptors (Lipinski definition) is 5. The van der Waals surface area contributed by atoms with E-state index in [-0.39, 0.29) is 23.4 Å². The number of carbonyl (C=O) groups excluding carboxylic acids is 2. The number of rotatable bonds is 11. The van der Waals surface area contributed by atoms with E-state index in [4.69, 9.17) is 4.74 Å². The Balaban J connectivity index is 2.03. The van der Waals surface area contributed by atoms with Gasteiger partial charge in [-0.05, 0) is 76.6 Å². The van der Waals surface area contributed by atoms with Crippen LogP contribution in [0.25, 0.3) is 0 Å². The molecule has 0 aromatic heterocycles. The fourth-order valence-corrected chi connectivity index (χ4v) is 5.52. The fraction of sp³-hybridized carbons (Fsp3) is 0.333. The Kier molecular flexibility index (Phi) is 9.75. The summed E-state index contributed by atoms with van der Waals surface area (Å²) in [5.41, 5.74) is 3.15. The van der Waals surface area contributed by atoms with E-state index in [1.807, 2.05) is 52.0 Å². The number of nitrogens with one attached hydrogen (secondary N) is 1. The number of amides is 2. The largest absolute Gasteiger partial charge is 0.497 e. The van der Waals surface area contributed by atoms with Gasteiger partial charge in [0, 0.05) is 12.6 Å². The van der Waals surface area contributed by atoms with E-state index in [0.29, 0.717) is 11.4 Å². The van der Waals surface area contributed by atoms with Crippen LogP contribution in [0.5, 0.6) is 5.75 Å². The van der Waals surface area contributed by atoms with Crippen LogP contribution in [0.3, 0.4) is 0 Å². The molecule has 2 amide bonds. The molecule has 0 saturated heterocycles. The van der Waals surface area contributed by atoms with Crippen LogP contribution >= 0.6 is 0 Å². The van der Waals surface area contributed by atoms with Crippen molar-refractivity contribution in [2.45, 2.75) is 58.1 Å². The van der Waals surface area contributed by atoms with Gasteiger partial charge < -0.3 is 15.0 Å². The SMILES string of the molecule is COc1ccc(S(=O)(=O)N(CC(=O)N(Cc2cccc(C)c2)C(C)C(=O)NC(C)C)c2ccc(C)cc2)cc1. The highest BCUT2D eigenvalue weighted by atomic mass is 32.2. The predicted molar refractivity (Wildman–Crippen MR) is 153 cm³/mol. The van der Waals surface area contributed by atoms with Crippen molar-refractivity contribution in [1.29, 1.82) is 0 Å². The summed E-state index contributed by atoms with van der Waals surface area (Å²) in [6, 6.07) is 19.7. The minimum Gasteiger partial charge on any atom is -0.497 e. The molecule has 0 radical (unpaired) electrons. The van der Waals surface area contributed by atoms with Crippen molar-refractivity contribution < 1.29 is 22.7 Å². The second-order valence-electron chi connectivity index (χ2n) is 9.87. The molecule has 3 rings (SSSR count). The van der Waals surface area contributed by atoms with Crippen LogP contribution in [0.2, 0.25) is 0 Å². The van der Waals surface area contributed by atoms with E-state index < -0.39 is 28.5 Å². The fourth-order valence-electron chi connectivity index (χ4n) is 4.11. The highest BCUT2D eigenvalue weighted by molar-refractivity contribution is 7.92. The summed E-state index contributed by atoms with van der Waals surface area (Å²) >= 11 is 0. The molecule has 3 aromatic carbocycles. The predicted octanol–water partition coefficient (Wildman–Crippen LogP) is 4.45. The smallest absolute Gasteiger partial charge is 0.264 e. The minimum absolute atomic E-state index is 0.0208. The first-order valence-electron chi connectivity index (χ1n) is 12.8. The molecule has 0 aliphatic heterocycles. The topological polar surface area (TPSA) is 96.0 Å². The Labute approximate surface area is 231 Å². The van der Waals surface area contributed by atoms with E-state index in [2.05, 4.69) is 5.32 Å². The zero-order valence-corrected chi connectivity index (χ0v) is 24.2. The average molecular weight is 552 g/mol. The van der Waals surface area contributed by atoms with Crippen molar-refractivity contribution in [3.8, 4) is 5.75 Å². The number of carbonyl (C=O) groups is 2. The number of ether oxygens (including phenoxy) is 1. The van der Waals surface area contributed by atoms with E-state index >= 15 is 0 Å². The molecule has 0 aliphatic carbocycles. The van der Waals surface area contributed by atoms with Gasteiger partial charge in [0.1, 0.15) is 18.3 Å². The Morgan fingerprint density at radius 1 is 0.897 bits per heavy atom. The van der Waals surface area contributed by atoms with Crippen molar-refractivity contribution in [2.75, 3.05) is 18.0 Å². The van der Waals surface area contributed by atoms with Crippen molar-refractivity contribution in [3.63, 3.8) is 0 Å². The average Bonchev–Trinajstić information content (AvgIpc) is 2.90. The zero-order chi connectivity index (χ0) is 28.7. The first kappa shape index (κ1) is 29.7. The molecule has 8 nitrogen and oxygen atoms in total. The van der Waals surface area contributed by atoms with Gasteiger partial charge in [-0.3, -0.25) is 13.9 Å². The number of methoxy groups -OCH3 is 1. The van der Waals surface area contributed by atoms with E-state index in [1.54, 1.807) is 43.3 Å². The molecule has 39 heavy (non-hydrogen) atoms. The summed E-state index contributed by atoms with van der Waals surface area (Å²) in [6.45, 7) is 8.86. The van der Waals surface area contributed by atoms with Crippen LogP contribution in [0.1, 0.15) is 37.5 Å². The first-order chi connectivity index (χ1) is 18.4. The zero-order valence-electron chi connectivity index (χ0n) is 23.3. The summed E-state index contributed by atoms with van der Waals surface area (Å²) in [7, 11) is -2.64. The monoisotopic (exact) mass is 551 g/mol. The normalized spacial score (nSPS) is 12.1. The lowest BCUT2D eigenvalue weighted by molar-refractivity contribution is -0.139. The molecule has 0 aliphatic rings. The van der Waals surface area contributed by atoms with Gasteiger partial charge in [0.25, 0.3) is 10.0 Å². The van der Waals surface area contributed by atoms with Gasteiger partial charge in [-0.15, -0.1) is 0 Å². The lowest BCUT2D eigenvalue weighted by Crippen LogP contribution is -2.52. The Bertz CT molecular complexity index is 1390. The molecular weight excluding hydrogens is 514 g/mol. The minimum atomic E-state index is -4.14. The quantitative estimate of drug-likeness (QED) is 0.380. The third kappa shape index (κ3) is 7.60. The van der Waals surface area contributed by atoms with Crippen LogP contribution in [0, 0.1) is 13.8 Å². The van der Waals surface area contributed by atoms with Crippen LogP contribution in [-0.4, -0.2) is 50.9 Å². The Hall–Kier alpha value is -3.85. The van der Waals surface area contributed by atoms with Gasteiger partial charge in [-0.2, -0.15) is 0 Å². The van der Waals surface area contributed by atoms with Crippen LogP contribution in [0.4, 0.5) is 5.69 Å². The summed E-state index contributed by atoms with van der Waals surface area (Å²) in [6.07, 6.45) is 0. The van der Waals surface area contributed by atoms with Gasteiger partial charge in [0.15, 0.2) is 0 Å². The van der Waals surface area contributed by atoms with Crippen molar-refractivity contribution >= 4 is 27.5 Å². The molecule has 0 fully saturated rings. The maximum absolute atomic E-state index is 13.9. The molecule has 1 unspecified atom stereocenters. The summed E-state index contributed by atoms with van der Waals surface area (Å²) in [4.78, 5) is 28.3. The number of aryl methyl sites for hydroxylation is 2. The van der Waals surface area contributed by atoms with Crippen LogP contribution < -0.4 is 14.4 Å². The number of benzene rings is 3. The number of sulfonamides is 1. The third-order valence-electron chi connectivity index (χ3n) is 6.28. The van der Waals surface area contributed by atoms with E-state index in [9.17, 15) is 18.0 Å². The van der Waals surface area contributed by atoms with Gasteiger partial charge in [-0.1, -0.05) is 47.5 Å². The van der Waals surface area contributed by atoms with Crippen molar-refractivity contribution in [1.82, 2.24) is 10.2 Å². The molecule has 208 valence electrons. The number of anilines is 1. The summed E-state index contributed by atoms with van der Waals surface area (Å²) in [5, 5.41) is 2.86. The highest BCUT2D eigenvalue weighted by Crippen LogP contribution is 2.26. The maximum Gasteiger partial charge on any atom is 0.264 e. The summed E-state index contributed by atoms with van der Waals surface area (Å²) < 4.78 is 34.0. The van der Waals surface area contributed by atoms with Crippen LogP contribution in [-0.2, 0) is 26.2 Å². The molecule has 0 bridgehead atoms. The van der Waals surface area contributed by atoms with Gasteiger partial charge in [0.2, 0.25) is 11.8 Å². The van der Waals surface area contributed by atoms with Gasteiger partial charge in [-0.25, -0.2) is 8.42 Å². The second-order valence-corrected chi connectivity index (χ2v) is 11.7. The van der Waals surface area contributed by atoms with Crippen molar-refractivity contribution in [2.24, 2.45) is 0 Å².